The van der Waals surface area contributed by atoms with Crippen LogP contribution in [0.5, 0.6) is 0 Å². The van der Waals surface area contributed by atoms with Crippen molar-refractivity contribution >= 4 is 70.4 Å². The predicted molar refractivity (Wildman–Crippen MR) is 186 cm³/mol. The number of carbonyl (C=O) groups excluding carboxylic acids is 1. The molecular weight excluding hydrogens is 532 g/mol. The molecule has 0 heterocycles. The highest BCUT2D eigenvalue weighted by Gasteiger charge is 2.26. The lowest BCUT2D eigenvalue weighted by molar-refractivity contribution is 0.104. The van der Waals surface area contributed by atoms with Gasteiger partial charge in [-0.3, -0.25) is 4.79 Å². The molecule has 44 heavy (non-hydrogen) atoms. The molecule has 0 saturated carbocycles. The number of benzene rings is 9. The third kappa shape index (κ3) is 3.11. The van der Waals surface area contributed by atoms with Gasteiger partial charge < -0.3 is 0 Å². The minimum atomic E-state index is 0.112. The lowest BCUT2D eigenvalue weighted by Crippen LogP contribution is -2.08. The van der Waals surface area contributed by atoms with Gasteiger partial charge >= 0.3 is 0 Å². The molecule has 0 spiro atoms. The molecule has 0 unspecified atom stereocenters. The Morgan fingerprint density at radius 3 is 1.84 bits per heavy atom. The Morgan fingerprint density at radius 1 is 0.318 bits per heavy atom. The van der Waals surface area contributed by atoms with Crippen LogP contribution in [0.2, 0.25) is 0 Å². The van der Waals surface area contributed by atoms with Crippen LogP contribution < -0.4 is 0 Å². The number of hydrogen-bond acceptors (Lipinski definition) is 1. The largest absolute Gasteiger partial charge is 0.289 e. The zero-order chi connectivity index (χ0) is 28.9. The normalized spacial score (nSPS) is 12.6. The summed E-state index contributed by atoms with van der Waals surface area (Å²) in [5, 5.41) is 14.1. The van der Waals surface area contributed by atoms with E-state index in [4.69, 9.17) is 0 Å². The third-order valence-electron chi connectivity index (χ3n) is 9.71. The second-order valence-electron chi connectivity index (χ2n) is 12.0. The van der Waals surface area contributed by atoms with E-state index in [0.29, 0.717) is 0 Å². The summed E-state index contributed by atoms with van der Waals surface area (Å²) < 4.78 is 0. The molecule has 202 valence electrons. The molecule has 1 nitrogen and oxygen atoms in total. The highest BCUT2D eigenvalue weighted by Crippen LogP contribution is 2.47. The summed E-state index contributed by atoms with van der Waals surface area (Å²) in [7, 11) is 0. The molecule has 0 saturated heterocycles. The number of hydrogen-bond donors (Lipinski definition) is 0. The highest BCUT2D eigenvalue weighted by atomic mass is 16.1. The first kappa shape index (κ1) is 23.7. The van der Waals surface area contributed by atoms with Gasteiger partial charge in [-0.2, -0.15) is 0 Å². The molecule has 0 fully saturated rings. The molecule has 0 aliphatic heterocycles. The standard InChI is InChI=1S/C43H24O/c44-43-35-16-5-11-26-19-21-30-24-38(34-15-7-17-36(43)42(34)41(30)40(26)35)32-13-6-14-33-37(32)23-28-10-3-4-12-31(28)39(33)29-20-18-25-8-1-2-9-27(25)22-29/h1-24H. The first-order chi connectivity index (χ1) is 21.7. The Bertz CT molecular complexity index is 2730. The van der Waals surface area contributed by atoms with Gasteiger partial charge in [-0.05, 0) is 94.3 Å². The van der Waals surface area contributed by atoms with Crippen molar-refractivity contribution in [3.05, 3.63) is 157 Å². The smallest absolute Gasteiger partial charge is 0.194 e. The van der Waals surface area contributed by atoms with Gasteiger partial charge in [-0.15, -0.1) is 0 Å². The molecule has 1 aliphatic rings. The monoisotopic (exact) mass is 556 g/mol. The van der Waals surface area contributed by atoms with Crippen molar-refractivity contribution in [2.45, 2.75) is 0 Å². The molecule has 0 atom stereocenters. The molecule has 1 aliphatic carbocycles. The quantitative estimate of drug-likeness (QED) is 0.153. The van der Waals surface area contributed by atoms with Gasteiger partial charge in [0, 0.05) is 21.9 Å². The van der Waals surface area contributed by atoms with E-state index in [2.05, 4.69) is 121 Å². The fourth-order valence-electron chi connectivity index (χ4n) is 7.79. The van der Waals surface area contributed by atoms with Crippen LogP contribution in [-0.4, -0.2) is 5.78 Å². The molecule has 0 aromatic heterocycles. The third-order valence-corrected chi connectivity index (χ3v) is 9.71. The molecule has 0 radical (unpaired) electrons. The van der Waals surface area contributed by atoms with Crippen LogP contribution in [0, 0.1) is 0 Å². The minimum Gasteiger partial charge on any atom is -0.289 e. The Balaban J connectivity index is 1.35. The van der Waals surface area contributed by atoms with Gasteiger partial charge in [0.15, 0.2) is 5.78 Å². The molecule has 0 N–H and O–H groups in total. The van der Waals surface area contributed by atoms with Crippen molar-refractivity contribution < 1.29 is 4.79 Å². The van der Waals surface area contributed by atoms with E-state index in [1.54, 1.807) is 0 Å². The SMILES string of the molecule is O=C1c2cccc3ccc4cc(-c5cccc6c(-c7ccc8ccccc8c7)c7ccccc7cc56)c5cccc1c5c4c23. The van der Waals surface area contributed by atoms with Crippen LogP contribution in [0.15, 0.2) is 146 Å². The van der Waals surface area contributed by atoms with Crippen molar-refractivity contribution in [2.75, 3.05) is 0 Å². The molecule has 1 heteroatoms. The maximum absolute atomic E-state index is 13.9. The Hall–Kier alpha value is -5.79. The topological polar surface area (TPSA) is 17.1 Å². The molecule has 0 amide bonds. The number of carbonyl (C=O) groups is 1. The summed E-state index contributed by atoms with van der Waals surface area (Å²) in [5.74, 6) is 0.112. The van der Waals surface area contributed by atoms with Crippen LogP contribution in [0.25, 0.3) is 86.9 Å². The first-order valence-electron chi connectivity index (χ1n) is 15.1. The van der Waals surface area contributed by atoms with Crippen LogP contribution in [0.3, 0.4) is 0 Å². The molecule has 9 aromatic rings. The van der Waals surface area contributed by atoms with Crippen LogP contribution in [-0.2, 0) is 0 Å². The highest BCUT2D eigenvalue weighted by molar-refractivity contribution is 6.38. The zero-order valence-electron chi connectivity index (χ0n) is 23.8. The summed E-state index contributed by atoms with van der Waals surface area (Å²) in [5.41, 5.74) is 6.41. The van der Waals surface area contributed by atoms with E-state index in [9.17, 15) is 4.79 Å². The van der Waals surface area contributed by atoms with Crippen molar-refractivity contribution in [3.63, 3.8) is 0 Å². The summed E-state index contributed by atoms with van der Waals surface area (Å²) in [6.07, 6.45) is 0. The summed E-state index contributed by atoms with van der Waals surface area (Å²) in [6, 6.07) is 52.2. The van der Waals surface area contributed by atoms with Crippen molar-refractivity contribution in [1.29, 1.82) is 0 Å². The van der Waals surface area contributed by atoms with E-state index in [1.807, 2.05) is 24.3 Å². The van der Waals surface area contributed by atoms with Gasteiger partial charge in [-0.1, -0.05) is 127 Å². The van der Waals surface area contributed by atoms with E-state index < -0.39 is 0 Å². The van der Waals surface area contributed by atoms with Crippen LogP contribution in [0.4, 0.5) is 0 Å². The Labute approximate surface area is 253 Å². The van der Waals surface area contributed by atoms with Crippen molar-refractivity contribution in [2.24, 2.45) is 0 Å². The lowest BCUT2D eigenvalue weighted by Gasteiger charge is -2.22. The predicted octanol–water partition coefficient (Wildman–Crippen LogP) is 11.5. The summed E-state index contributed by atoms with van der Waals surface area (Å²) in [6.45, 7) is 0. The van der Waals surface area contributed by atoms with Gasteiger partial charge in [0.1, 0.15) is 0 Å². The average molecular weight is 557 g/mol. The van der Waals surface area contributed by atoms with E-state index in [0.717, 1.165) is 38.2 Å². The Morgan fingerprint density at radius 2 is 0.955 bits per heavy atom. The maximum Gasteiger partial charge on any atom is 0.194 e. The zero-order valence-corrected chi connectivity index (χ0v) is 23.8. The fraction of sp³-hybridized carbons (Fsp3) is 0. The second kappa shape index (κ2) is 8.63. The summed E-state index contributed by atoms with van der Waals surface area (Å²) in [4.78, 5) is 13.9. The van der Waals surface area contributed by atoms with Gasteiger partial charge in [0.2, 0.25) is 0 Å². The Kier molecular flexibility index (Phi) is 4.65. The first-order valence-corrected chi connectivity index (χ1v) is 15.1. The van der Waals surface area contributed by atoms with E-state index in [1.165, 1.54) is 59.8 Å². The van der Waals surface area contributed by atoms with Gasteiger partial charge in [0.05, 0.1) is 0 Å². The van der Waals surface area contributed by atoms with E-state index in [-0.39, 0.29) is 5.78 Å². The van der Waals surface area contributed by atoms with Crippen molar-refractivity contribution in [1.82, 2.24) is 0 Å². The molecule has 10 rings (SSSR count). The minimum absolute atomic E-state index is 0.112. The number of fused-ring (bicyclic) bond motifs is 3. The average Bonchev–Trinajstić information content (AvgIpc) is 3.08. The van der Waals surface area contributed by atoms with Crippen LogP contribution in [0.1, 0.15) is 15.9 Å². The maximum atomic E-state index is 13.9. The number of ketones is 1. The van der Waals surface area contributed by atoms with Gasteiger partial charge in [-0.25, -0.2) is 0 Å². The number of rotatable bonds is 2. The molecule has 0 bridgehead atoms. The molecular formula is C43H24O. The summed E-state index contributed by atoms with van der Waals surface area (Å²) >= 11 is 0. The second-order valence-corrected chi connectivity index (χ2v) is 12.0. The fourth-order valence-corrected chi connectivity index (χ4v) is 7.79. The van der Waals surface area contributed by atoms with E-state index >= 15 is 0 Å². The van der Waals surface area contributed by atoms with Crippen LogP contribution >= 0.6 is 0 Å². The van der Waals surface area contributed by atoms with Crippen molar-refractivity contribution in [3.8, 4) is 22.3 Å². The lowest BCUT2D eigenvalue weighted by atomic mass is 9.80. The van der Waals surface area contributed by atoms with Gasteiger partial charge in [0.25, 0.3) is 0 Å². The molecule has 9 aromatic carbocycles.